The van der Waals surface area contributed by atoms with E-state index >= 15 is 0 Å². The second-order valence-corrected chi connectivity index (χ2v) is 5.83. The van der Waals surface area contributed by atoms with Crippen molar-refractivity contribution in [1.82, 2.24) is 15.2 Å². The molecule has 1 aromatic carbocycles. The summed E-state index contributed by atoms with van der Waals surface area (Å²) in [6, 6.07) is 7.91. The van der Waals surface area contributed by atoms with Crippen LogP contribution < -0.4 is 5.32 Å². The maximum Gasteiger partial charge on any atom is 0.326 e. The van der Waals surface area contributed by atoms with E-state index in [-0.39, 0.29) is 12.8 Å². The predicted molar refractivity (Wildman–Crippen MR) is 81.6 cm³/mol. The van der Waals surface area contributed by atoms with Gasteiger partial charge in [0.2, 0.25) is 0 Å². The zero-order valence-electron chi connectivity index (χ0n) is 12.0. The predicted octanol–water partition coefficient (Wildman–Crippen LogP) is 2.33. The van der Waals surface area contributed by atoms with Gasteiger partial charge in [-0.2, -0.15) is 0 Å². The molecule has 0 saturated carbocycles. The molecule has 1 aliphatic rings. The molecule has 1 N–H and O–H groups in total. The molecule has 0 unspecified atom stereocenters. The third kappa shape index (κ3) is 3.00. The first-order chi connectivity index (χ1) is 10.6. The van der Waals surface area contributed by atoms with Gasteiger partial charge in [-0.3, -0.25) is 15.0 Å². The lowest BCUT2D eigenvalue weighted by atomic mass is 10.2. The van der Waals surface area contributed by atoms with Gasteiger partial charge in [0.25, 0.3) is 5.91 Å². The summed E-state index contributed by atoms with van der Waals surface area (Å²) in [6.07, 6.45) is 0. The molecule has 114 valence electrons. The van der Waals surface area contributed by atoms with E-state index in [0.29, 0.717) is 12.2 Å². The minimum atomic E-state index is -0.468. The van der Waals surface area contributed by atoms with Crippen LogP contribution in [0.5, 0.6) is 0 Å². The van der Waals surface area contributed by atoms with Crippen LogP contribution in [0.25, 0.3) is 0 Å². The number of aryl methyl sites for hydroxylation is 1. The van der Waals surface area contributed by atoms with E-state index in [4.69, 9.17) is 4.74 Å². The number of imide groups is 1. The average Bonchev–Trinajstić information content (AvgIpc) is 3.16. The minimum absolute atomic E-state index is 0.150. The van der Waals surface area contributed by atoms with Crippen molar-refractivity contribution in [2.75, 3.05) is 13.3 Å². The molecular weight excluding hydrogens is 302 g/mol. The number of rotatable bonds is 2. The first-order valence-corrected chi connectivity index (χ1v) is 7.70. The fourth-order valence-electron chi connectivity index (χ4n) is 2.20. The van der Waals surface area contributed by atoms with Crippen LogP contribution in [-0.4, -0.2) is 35.2 Å². The molecule has 1 saturated heterocycles. The molecular formula is C15H15N3O3S. The summed E-state index contributed by atoms with van der Waals surface area (Å²) in [6.45, 7) is 2.44. The number of aromatic nitrogens is 1. The summed E-state index contributed by atoms with van der Waals surface area (Å²) < 4.78 is 5.36. The zero-order valence-corrected chi connectivity index (χ0v) is 12.8. The summed E-state index contributed by atoms with van der Waals surface area (Å²) in [7, 11) is 0. The molecule has 1 fully saturated rings. The number of hydrogen-bond donors (Lipinski definition) is 1. The van der Waals surface area contributed by atoms with E-state index in [1.165, 1.54) is 16.2 Å². The number of carbonyl (C=O) groups is 2. The Labute approximate surface area is 131 Å². The van der Waals surface area contributed by atoms with E-state index in [9.17, 15) is 9.59 Å². The fourth-order valence-corrected chi connectivity index (χ4v) is 3.10. The van der Waals surface area contributed by atoms with E-state index in [1.54, 1.807) is 24.3 Å². The van der Waals surface area contributed by atoms with E-state index in [0.717, 1.165) is 10.7 Å². The topological polar surface area (TPSA) is 71.5 Å². The van der Waals surface area contributed by atoms with Gasteiger partial charge < -0.3 is 4.74 Å². The van der Waals surface area contributed by atoms with Gasteiger partial charge in [0.05, 0.1) is 6.61 Å². The number of nitrogens with one attached hydrogen (secondary N) is 1. The van der Waals surface area contributed by atoms with Crippen molar-refractivity contribution in [2.24, 2.45) is 0 Å². The lowest BCUT2D eigenvalue weighted by Crippen LogP contribution is -2.42. The Morgan fingerprint density at radius 2 is 2.14 bits per heavy atom. The Kier molecular flexibility index (Phi) is 4.17. The lowest BCUT2D eigenvalue weighted by molar-refractivity contribution is 0.0940. The van der Waals surface area contributed by atoms with Gasteiger partial charge in [-0.15, -0.1) is 11.3 Å². The van der Waals surface area contributed by atoms with Crippen molar-refractivity contribution in [3.8, 4) is 0 Å². The van der Waals surface area contributed by atoms with Crippen LogP contribution in [0.15, 0.2) is 35.7 Å². The minimum Gasteiger partial charge on any atom is -0.358 e. The number of benzene rings is 1. The second kappa shape index (κ2) is 6.25. The monoisotopic (exact) mass is 317 g/mol. The number of amides is 3. The van der Waals surface area contributed by atoms with Crippen LogP contribution in [0.2, 0.25) is 0 Å². The average molecular weight is 317 g/mol. The second-order valence-electron chi connectivity index (χ2n) is 4.94. The molecule has 1 aliphatic heterocycles. The van der Waals surface area contributed by atoms with Gasteiger partial charge in [-0.05, 0) is 19.1 Å². The third-order valence-corrected chi connectivity index (χ3v) is 4.39. The highest BCUT2D eigenvalue weighted by molar-refractivity contribution is 7.09. The normalized spacial score (nSPS) is 17.5. The SMILES string of the molecule is Cc1csc([C@H]2COCN2C(=O)NC(=O)c2ccccc2)n1. The van der Waals surface area contributed by atoms with Crippen LogP contribution in [0, 0.1) is 6.92 Å². The van der Waals surface area contributed by atoms with Crippen molar-refractivity contribution < 1.29 is 14.3 Å². The standard InChI is InChI=1S/C15H15N3O3S/c1-10-8-22-14(16-10)12-7-21-9-18(12)15(20)17-13(19)11-5-3-2-4-6-11/h2-6,8,12H,7,9H2,1H3,(H,17,19,20)/t12-/m1/s1. The first-order valence-electron chi connectivity index (χ1n) is 6.82. The molecule has 2 heterocycles. The summed E-state index contributed by atoms with van der Waals surface area (Å²) in [5.41, 5.74) is 1.35. The van der Waals surface area contributed by atoms with Gasteiger partial charge >= 0.3 is 6.03 Å². The van der Waals surface area contributed by atoms with Crippen LogP contribution in [0.4, 0.5) is 4.79 Å². The Bertz CT molecular complexity index is 686. The Morgan fingerprint density at radius 1 is 1.36 bits per heavy atom. The number of carbonyl (C=O) groups excluding carboxylic acids is 2. The molecule has 0 radical (unpaired) electrons. The van der Waals surface area contributed by atoms with Crippen molar-refractivity contribution in [1.29, 1.82) is 0 Å². The molecule has 3 amide bonds. The van der Waals surface area contributed by atoms with E-state index in [2.05, 4.69) is 10.3 Å². The van der Waals surface area contributed by atoms with Crippen molar-refractivity contribution in [2.45, 2.75) is 13.0 Å². The van der Waals surface area contributed by atoms with Crippen molar-refractivity contribution >= 4 is 23.3 Å². The van der Waals surface area contributed by atoms with E-state index < -0.39 is 11.9 Å². The summed E-state index contributed by atoms with van der Waals surface area (Å²) in [5.74, 6) is -0.424. The smallest absolute Gasteiger partial charge is 0.326 e. The number of urea groups is 1. The lowest BCUT2D eigenvalue weighted by Gasteiger charge is -2.20. The number of thiazole rings is 1. The molecule has 6 nitrogen and oxygen atoms in total. The highest BCUT2D eigenvalue weighted by Gasteiger charge is 2.33. The van der Waals surface area contributed by atoms with Gasteiger partial charge in [0, 0.05) is 16.6 Å². The quantitative estimate of drug-likeness (QED) is 0.923. The molecule has 0 spiro atoms. The van der Waals surface area contributed by atoms with Crippen LogP contribution in [0.3, 0.4) is 0 Å². The van der Waals surface area contributed by atoms with Crippen molar-refractivity contribution in [3.63, 3.8) is 0 Å². The van der Waals surface area contributed by atoms with Gasteiger partial charge in [-0.25, -0.2) is 9.78 Å². The number of hydrogen-bond acceptors (Lipinski definition) is 5. The molecule has 3 rings (SSSR count). The molecule has 1 atom stereocenters. The highest BCUT2D eigenvalue weighted by atomic mass is 32.1. The Hall–Kier alpha value is -2.25. The molecule has 1 aromatic heterocycles. The molecule has 2 aromatic rings. The van der Waals surface area contributed by atoms with Crippen LogP contribution >= 0.6 is 11.3 Å². The maximum atomic E-state index is 12.3. The largest absolute Gasteiger partial charge is 0.358 e. The summed E-state index contributed by atoms with van der Waals surface area (Å²) in [4.78, 5) is 30.2. The van der Waals surface area contributed by atoms with Gasteiger partial charge in [-0.1, -0.05) is 18.2 Å². The summed E-state index contributed by atoms with van der Waals surface area (Å²) in [5, 5.41) is 5.14. The van der Waals surface area contributed by atoms with Gasteiger partial charge in [0.15, 0.2) is 0 Å². The third-order valence-electron chi connectivity index (χ3n) is 3.32. The fraction of sp³-hybridized carbons (Fsp3) is 0.267. The molecule has 0 bridgehead atoms. The maximum absolute atomic E-state index is 12.3. The van der Waals surface area contributed by atoms with Gasteiger partial charge in [0.1, 0.15) is 17.8 Å². The highest BCUT2D eigenvalue weighted by Crippen LogP contribution is 2.28. The Morgan fingerprint density at radius 3 is 2.82 bits per heavy atom. The summed E-state index contributed by atoms with van der Waals surface area (Å²) >= 11 is 1.49. The van der Waals surface area contributed by atoms with Crippen molar-refractivity contribution in [3.05, 3.63) is 52.0 Å². The first kappa shape index (κ1) is 14.7. The number of nitrogens with zero attached hydrogens (tertiary/aromatic N) is 2. The molecule has 0 aliphatic carbocycles. The Balaban J connectivity index is 1.70. The zero-order chi connectivity index (χ0) is 15.5. The molecule has 7 heteroatoms. The van der Waals surface area contributed by atoms with E-state index in [1.807, 2.05) is 18.4 Å². The van der Waals surface area contributed by atoms with Crippen LogP contribution in [0.1, 0.15) is 27.1 Å². The number of ether oxygens (including phenoxy) is 1. The van der Waals surface area contributed by atoms with Crippen LogP contribution in [-0.2, 0) is 4.74 Å². The molecule has 22 heavy (non-hydrogen) atoms.